The van der Waals surface area contributed by atoms with Gasteiger partial charge >= 0.3 is 0 Å². The highest BCUT2D eigenvalue weighted by molar-refractivity contribution is 7.10. The number of rotatable bonds is 0. The normalized spacial score (nSPS) is 26.7. The van der Waals surface area contributed by atoms with Crippen LogP contribution in [0.4, 0.5) is 5.82 Å². The number of hydrogen-bond donors (Lipinski definition) is 1. The Hall–Kier alpha value is -1.94. The maximum Gasteiger partial charge on any atom is 0.162 e. The van der Waals surface area contributed by atoms with Crippen LogP contribution in [0.2, 0.25) is 0 Å². The number of anilines is 1. The van der Waals surface area contributed by atoms with Gasteiger partial charge in [-0.25, -0.2) is 4.98 Å². The summed E-state index contributed by atoms with van der Waals surface area (Å²) in [5.41, 5.74) is 6.48. The summed E-state index contributed by atoms with van der Waals surface area (Å²) < 4.78 is 0. The van der Waals surface area contributed by atoms with Gasteiger partial charge in [-0.1, -0.05) is 38.1 Å². The topological polar surface area (TPSA) is 42.0 Å². The predicted molar refractivity (Wildman–Crippen MR) is 101 cm³/mol. The first-order valence-electron chi connectivity index (χ1n) is 9.07. The van der Waals surface area contributed by atoms with Gasteiger partial charge in [0.2, 0.25) is 0 Å². The van der Waals surface area contributed by atoms with E-state index in [1.807, 2.05) is 5.51 Å². The van der Waals surface area contributed by atoms with Crippen molar-refractivity contribution in [2.24, 2.45) is 5.41 Å². The van der Waals surface area contributed by atoms with Crippen LogP contribution >= 0.6 is 11.3 Å². The van der Waals surface area contributed by atoms with Crippen molar-refractivity contribution < 1.29 is 4.79 Å². The molecule has 4 heteroatoms. The van der Waals surface area contributed by atoms with Crippen LogP contribution in [0.25, 0.3) is 0 Å². The third-order valence-corrected chi connectivity index (χ3v) is 6.99. The first-order valence-corrected chi connectivity index (χ1v) is 9.95. The highest BCUT2D eigenvalue weighted by atomic mass is 32.1. The minimum Gasteiger partial charge on any atom is -0.342 e. The van der Waals surface area contributed by atoms with Crippen molar-refractivity contribution in [3.8, 4) is 0 Å². The number of carbonyl (C=O) groups excluding carboxylic acids is 1. The van der Waals surface area contributed by atoms with Crippen molar-refractivity contribution >= 4 is 22.9 Å². The lowest BCUT2D eigenvalue weighted by molar-refractivity contribution is -0.118. The Bertz CT molecular complexity index is 923. The third kappa shape index (κ3) is 2.03. The van der Waals surface area contributed by atoms with Gasteiger partial charge < -0.3 is 5.32 Å². The largest absolute Gasteiger partial charge is 0.342 e. The summed E-state index contributed by atoms with van der Waals surface area (Å²) in [5.74, 6) is 1.28. The van der Waals surface area contributed by atoms with Crippen LogP contribution in [0, 0.1) is 5.41 Å². The van der Waals surface area contributed by atoms with Gasteiger partial charge in [0.05, 0.1) is 15.8 Å². The molecule has 5 rings (SSSR count). The number of ketones is 1. The highest BCUT2D eigenvalue weighted by Crippen LogP contribution is 2.57. The van der Waals surface area contributed by atoms with Crippen molar-refractivity contribution in [3.05, 3.63) is 57.1 Å². The number of hydrogen-bond acceptors (Lipinski definition) is 4. The molecular formula is C21H22N2OS. The SMILES string of the molecule is CC1(C)CC(=O)C2=C(C1)Nc1ncsc1[C@]21CCCc2ccccc21. The van der Waals surface area contributed by atoms with E-state index in [1.54, 1.807) is 11.3 Å². The molecule has 0 fully saturated rings. The van der Waals surface area contributed by atoms with E-state index >= 15 is 0 Å². The number of aryl methyl sites for hydroxylation is 1. The van der Waals surface area contributed by atoms with Crippen molar-refractivity contribution in [2.75, 3.05) is 5.32 Å². The molecule has 2 aliphatic carbocycles. The summed E-state index contributed by atoms with van der Waals surface area (Å²) >= 11 is 1.69. The number of allylic oxidation sites excluding steroid dienone is 2. The Morgan fingerprint density at radius 1 is 1.20 bits per heavy atom. The van der Waals surface area contributed by atoms with Crippen LogP contribution in [0.15, 0.2) is 41.0 Å². The molecule has 0 bridgehead atoms. The Labute approximate surface area is 152 Å². The third-order valence-electron chi connectivity index (χ3n) is 6.00. The second-order valence-electron chi connectivity index (χ2n) is 8.37. The van der Waals surface area contributed by atoms with Crippen LogP contribution in [0.3, 0.4) is 0 Å². The molecule has 25 heavy (non-hydrogen) atoms. The monoisotopic (exact) mass is 350 g/mol. The summed E-state index contributed by atoms with van der Waals surface area (Å²) in [6.45, 7) is 4.38. The van der Waals surface area contributed by atoms with Gasteiger partial charge in [-0.05, 0) is 42.2 Å². The van der Waals surface area contributed by atoms with E-state index in [9.17, 15) is 4.79 Å². The molecule has 128 valence electrons. The molecule has 0 unspecified atom stereocenters. The number of benzene rings is 1. The molecule has 0 saturated heterocycles. The summed E-state index contributed by atoms with van der Waals surface area (Å²) in [5, 5.41) is 3.53. The quantitative estimate of drug-likeness (QED) is 0.739. The second kappa shape index (κ2) is 5.04. The van der Waals surface area contributed by atoms with E-state index in [2.05, 4.69) is 48.4 Å². The van der Waals surface area contributed by atoms with E-state index in [0.717, 1.165) is 42.8 Å². The molecular weight excluding hydrogens is 328 g/mol. The summed E-state index contributed by atoms with van der Waals surface area (Å²) in [6, 6.07) is 8.71. The standard InChI is InChI=1S/C21H22N2OS/c1-20(2)10-15-17(16(24)11-20)21(18-19(23-15)22-12-25-18)9-5-7-13-6-3-4-8-14(13)21/h3-4,6,8,12,23H,5,7,9-11H2,1-2H3/t21-/m0/s1. The van der Waals surface area contributed by atoms with Crippen LogP contribution in [-0.4, -0.2) is 10.8 Å². The molecule has 1 aliphatic heterocycles. The van der Waals surface area contributed by atoms with E-state index in [1.165, 1.54) is 16.0 Å². The molecule has 3 nitrogen and oxygen atoms in total. The molecule has 2 heterocycles. The van der Waals surface area contributed by atoms with Crippen molar-refractivity contribution in [1.82, 2.24) is 4.98 Å². The Morgan fingerprint density at radius 3 is 2.92 bits per heavy atom. The number of thiazole rings is 1. The summed E-state index contributed by atoms with van der Waals surface area (Å²) in [7, 11) is 0. The fraction of sp³-hybridized carbons (Fsp3) is 0.429. The molecule has 1 aromatic carbocycles. The number of carbonyl (C=O) groups is 1. The van der Waals surface area contributed by atoms with Gasteiger partial charge in [-0.15, -0.1) is 11.3 Å². The molecule has 0 radical (unpaired) electrons. The lowest BCUT2D eigenvalue weighted by Gasteiger charge is -2.47. The molecule has 1 N–H and O–H groups in total. The van der Waals surface area contributed by atoms with Crippen molar-refractivity contribution in [2.45, 2.75) is 51.4 Å². The van der Waals surface area contributed by atoms with Crippen LogP contribution in [0.1, 0.15) is 55.5 Å². The zero-order valence-corrected chi connectivity index (χ0v) is 15.5. The van der Waals surface area contributed by atoms with Gasteiger partial charge in [-0.3, -0.25) is 4.79 Å². The van der Waals surface area contributed by atoms with Crippen molar-refractivity contribution in [3.63, 3.8) is 0 Å². The van der Waals surface area contributed by atoms with Crippen LogP contribution in [0.5, 0.6) is 0 Å². The zero-order chi connectivity index (χ0) is 17.2. The minimum absolute atomic E-state index is 0.00577. The average Bonchev–Trinajstić information content (AvgIpc) is 3.02. The first kappa shape index (κ1) is 15.3. The number of fused-ring (bicyclic) bond motifs is 5. The Kier molecular flexibility index (Phi) is 3.09. The van der Waals surface area contributed by atoms with Crippen molar-refractivity contribution in [1.29, 1.82) is 0 Å². The second-order valence-corrected chi connectivity index (χ2v) is 9.22. The fourth-order valence-electron chi connectivity index (χ4n) is 5.15. The van der Waals surface area contributed by atoms with E-state index < -0.39 is 0 Å². The fourth-order valence-corrected chi connectivity index (χ4v) is 6.14. The summed E-state index contributed by atoms with van der Waals surface area (Å²) in [4.78, 5) is 19.2. The van der Waals surface area contributed by atoms with E-state index in [4.69, 9.17) is 0 Å². The zero-order valence-electron chi connectivity index (χ0n) is 14.7. The van der Waals surface area contributed by atoms with Crippen LogP contribution < -0.4 is 5.32 Å². The number of nitrogens with one attached hydrogen (secondary N) is 1. The first-order chi connectivity index (χ1) is 12.0. The molecule has 1 spiro atoms. The van der Waals surface area contributed by atoms with Gasteiger partial charge in [0.25, 0.3) is 0 Å². The molecule has 0 amide bonds. The molecule has 3 aliphatic rings. The van der Waals surface area contributed by atoms with E-state index in [-0.39, 0.29) is 10.8 Å². The average molecular weight is 350 g/mol. The van der Waals surface area contributed by atoms with Gasteiger partial charge in [0, 0.05) is 17.7 Å². The van der Waals surface area contributed by atoms with Crippen LogP contribution in [-0.2, 0) is 16.6 Å². The number of aromatic nitrogens is 1. The lowest BCUT2D eigenvalue weighted by atomic mass is 9.59. The van der Waals surface area contributed by atoms with Gasteiger partial charge in [-0.2, -0.15) is 0 Å². The number of nitrogens with zero attached hydrogens (tertiary/aromatic N) is 1. The molecule has 1 atom stereocenters. The predicted octanol–water partition coefficient (Wildman–Crippen LogP) is 4.83. The lowest BCUT2D eigenvalue weighted by Crippen LogP contribution is -2.44. The Balaban J connectivity index is 1.84. The smallest absolute Gasteiger partial charge is 0.162 e. The molecule has 1 aromatic heterocycles. The number of Topliss-reactive ketones (excluding diaryl/α,β-unsaturated/α-hetero) is 1. The molecule has 2 aromatic rings. The van der Waals surface area contributed by atoms with E-state index in [0.29, 0.717) is 12.2 Å². The molecule has 0 saturated carbocycles. The Morgan fingerprint density at radius 2 is 2.04 bits per heavy atom. The van der Waals surface area contributed by atoms with Gasteiger partial charge in [0.15, 0.2) is 5.78 Å². The highest BCUT2D eigenvalue weighted by Gasteiger charge is 2.52. The minimum atomic E-state index is -0.292. The maximum atomic E-state index is 13.3. The van der Waals surface area contributed by atoms with Gasteiger partial charge in [0.1, 0.15) is 5.82 Å². The maximum absolute atomic E-state index is 13.3. The summed E-state index contributed by atoms with van der Waals surface area (Å²) in [6.07, 6.45) is 4.76.